The summed E-state index contributed by atoms with van der Waals surface area (Å²) in [5, 5.41) is 0. The lowest BCUT2D eigenvalue weighted by Crippen LogP contribution is -2.19. The molecule has 2 heteroatoms. The van der Waals surface area contributed by atoms with Crippen molar-refractivity contribution < 1.29 is 0 Å². The molecule has 0 saturated carbocycles. The summed E-state index contributed by atoms with van der Waals surface area (Å²) in [6.07, 6.45) is 1.87. The van der Waals surface area contributed by atoms with Crippen LogP contribution in [0.2, 0.25) is 0 Å². The zero-order valence-corrected chi connectivity index (χ0v) is 8.25. The van der Waals surface area contributed by atoms with Gasteiger partial charge in [-0.1, -0.05) is 18.2 Å². The first-order valence-electron chi connectivity index (χ1n) is 4.34. The molecule has 0 atom stereocenters. The van der Waals surface area contributed by atoms with E-state index in [1.807, 2.05) is 25.3 Å². The lowest BCUT2D eigenvalue weighted by Gasteiger charge is -2.21. The van der Waals surface area contributed by atoms with Gasteiger partial charge in [0.25, 0.3) is 0 Å². The van der Waals surface area contributed by atoms with Crippen LogP contribution in [0.3, 0.4) is 0 Å². The zero-order chi connectivity index (χ0) is 9.84. The number of hydrogen-bond donors (Lipinski definition) is 1. The van der Waals surface area contributed by atoms with Gasteiger partial charge in [0.15, 0.2) is 0 Å². The van der Waals surface area contributed by atoms with Crippen LogP contribution in [-0.4, -0.2) is 13.6 Å². The van der Waals surface area contributed by atoms with Crippen molar-refractivity contribution in [2.75, 3.05) is 24.2 Å². The first-order valence-corrected chi connectivity index (χ1v) is 4.34. The predicted octanol–water partition coefficient (Wildman–Crippen LogP) is 2.20. The molecule has 0 aliphatic carbocycles. The molecular weight excluding hydrogens is 160 g/mol. The number of benzene rings is 1. The van der Waals surface area contributed by atoms with Crippen molar-refractivity contribution in [3.05, 3.63) is 36.4 Å². The van der Waals surface area contributed by atoms with Gasteiger partial charge in [-0.2, -0.15) is 0 Å². The van der Waals surface area contributed by atoms with Crippen molar-refractivity contribution in [3.63, 3.8) is 0 Å². The highest BCUT2D eigenvalue weighted by Crippen LogP contribution is 2.25. The van der Waals surface area contributed by atoms with Crippen molar-refractivity contribution >= 4 is 11.4 Å². The van der Waals surface area contributed by atoms with E-state index in [0.717, 1.165) is 17.9 Å². The summed E-state index contributed by atoms with van der Waals surface area (Å²) in [7, 11) is 2.01. The molecule has 0 radical (unpaired) electrons. The quantitative estimate of drug-likeness (QED) is 0.565. The van der Waals surface area contributed by atoms with E-state index < -0.39 is 0 Å². The second-order valence-electron chi connectivity index (χ2n) is 3.18. The van der Waals surface area contributed by atoms with E-state index in [4.69, 9.17) is 5.73 Å². The van der Waals surface area contributed by atoms with Crippen molar-refractivity contribution in [3.8, 4) is 0 Å². The molecule has 70 valence electrons. The van der Waals surface area contributed by atoms with Crippen LogP contribution >= 0.6 is 0 Å². The lowest BCUT2D eigenvalue weighted by molar-refractivity contribution is 1.02. The Morgan fingerprint density at radius 2 is 2.23 bits per heavy atom. The topological polar surface area (TPSA) is 29.3 Å². The maximum absolute atomic E-state index is 5.88. The third kappa shape index (κ3) is 2.02. The van der Waals surface area contributed by atoms with Crippen LogP contribution in [0.1, 0.15) is 5.56 Å². The summed E-state index contributed by atoms with van der Waals surface area (Å²) in [6.45, 7) is 6.58. The standard InChI is InChI=1S/C11H16N2/c1-4-8-13(3)11-9(2)6-5-7-10(11)12/h4-7H,1,8,12H2,2-3H3. The largest absolute Gasteiger partial charge is 0.397 e. The highest BCUT2D eigenvalue weighted by Gasteiger charge is 2.05. The van der Waals surface area contributed by atoms with E-state index in [-0.39, 0.29) is 0 Å². The first-order chi connectivity index (χ1) is 6.16. The first kappa shape index (κ1) is 9.65. The average molecular weight is 176 g/mol. The number of para-hydroxylation sites is 1. The van der Waals surface area contributed by atoms with Gasteiger partial charge in [0.2, 0.25) is 0 Å². The van der Waals surface area contributed by atoms with Crippen LogP contribution in [0.4, 0.5) is 11.4 Å². The minimum atomic E-state index is 0.815. The fraction of sp³-hybridized carbons (Fsp3) is 0.273. The molecule has 0 aliphatic heterocycles. The smallest absolute Gasteiger partial charge is 0.0629 e. The summed E-state index contributed by atoms with van der Waals surface area (Å²) in [5.74, 6) is 0. The number of anilines is 2. The summed E-state index contributed by atoms with van der Waals surface area (Å²) in [6, 6.07) is 5.95. The number of hydrogen-bond acceptors (Lipinski definition) is 2. The van der Waals surface area contributed by atoms with E-state index in [1.165, 1.54) is 5.56 Å². The van der Waals surface area contributed by atoms with E-state index in [2.05, 4.69) is 24.5 Å². The average Bonchev–Trinajstić information content (AvgIpc) is 2.04. The number of nitrogen functional groups attached to an aromatic ring is 1. The lowest BCUT2D eigenvalue weighted by atomic mass is 10.1. The highest BCUT2D eigenvalue weighted by molar-refractivity contribution is 5.71. The van der Waals surface area contributed by atoms with E-state index in [1.54, 1.807) is 0 Å². The second kappa shape index (κ2) is 3.99. The van der Waals surface area contributed by atoms with Gasteiger partial charge >= 0.3 is 0 Å². The molecule has 0 aliphatic rings. The Morgan fingerprint density at radius 1 is 1.54 bits per heavy atom. The number of likely N-dealkylation sites (N-methyl/N-ethyl adjacent to an activating group) is 1. The molecule has 0 bridgehead atoms. The normalized spacial score (nSPS) is 9.69. The number of nitrogens with two attached hydrogens (primary N) is 1. The molecule has 0 saturated heterocycles. The number of nitrogens with zero attached hydrogens (tertiary/aromatic N) is 1. The van der Waals surface area contributed by atoms with Crippen LogP contribution in [0.15, 0.2) is 30.9 Å². The van der Waals surface area contributed by atoms with E-state index in [9.17, 15) is 0 Å². The summed E-state index contributed by atoms with van der Waals surface area (Å²) >= 11 is 0. The maximum atomic E-state index is 5.88. The van der Waals surface area contributed by atoms with Gasteiger partial charge in [-0.05, 0) is 18.6 Å². The Hall–Kier alpha value is -1.44. The fourth-order valence-electron chi connectivity index (χ4n) is 1.49. The molecule has 2 N–H and O–H groups in total. The molecule has 13 heavy (non-hydrogen) atoms. The molecule has 0 aromatic heterocycles. The van der Waals surface area contributed by atoms with Crippen molar-refractivity contribution in [1.29, 1.82) is 0 Å². The summed E-state index contributed by atoms with van der Waals surface area (Å²) < 4.78 is 0. The van der Waals surface area contributed by atoms with Crippen LogP contribution < -0.4 is 10.6 Å². The van der Waals surface area contributed by atoms with E-state index in [0.29, 0.717) is 0 Å². The minimum absolute atomic E-state index is 0.815. The third-order valence-corrected chi connectivity index (χ3v) is 2.05. The molecule has 0 fully saturated rings. The Kier molecular flexibility index (Phi) is 2.96. The number of rotatable bonds is 3. The molecule has 0 heterocycles. The maximum Gasteiger partial charge on any atom is 0.0629 e. The highest BCUT2D eigenvalue weighted by atomic mass is 15.1. The van der Waals surface area contributed by atoms with Crippen LogP contribution in [-0.2, 0) is 0 Å². The van der Waals surface area contributed by atoms with Crippen LogP contribution in [0.5, 0.6) is 0 Å². The van der Waals surface area contributed by atoms with Crippen LogP contribution in [0.25, 0.3) is 0 Å². The molecule has 0 unspecified atom stereocenters. The van der Waals surface area contributed by atoms with Crippen molar-refractivity contribution in [2.24, 2.45) is 0 Å². The Bertz CT molecular complexity index is 285. The molecule has 2 nitrogen and oxygen atoms in total. The van der Waals surface area contributed by atoms with Crippen molar-refractivity contribution in [1.82, 2.24) is 0 Å². The monoisotopic (exact) mass is 176 g/mol. The molecular formula is C11H16N2. The van der Waals surface area contributed by atoms with Gasteiger partial charge < -0.3 is 10.6 Å². The van der Waals surface area contributed by atoms with Gasteiger partial charge in [-0.25, -0.2) is 0 Å². The second-order valence-corrected chi connectivity index (χ2v) is 3.18. The van der Waals surface area contributed by atoms with Gasteiger partial charge in [0, 0.05) is 13.6 Å². The van der Waals surface area contributed by atoms with Gasteiger partial charge in [-0.3, -0.25) is 0 Å². The van der Waals surface area contributed by atoms with Gasteiger partial charge in [-0.15, -0.1) is 6.58 Å². The van der Waals surface area contributed by atoms with Gasteiger partial charge in [0.05, 0.1) is 11.4 Å². The summed E-state index contributed by atoms with van der Waals surface area (Å²) in [4.78, 5) is 2.09. The zero-order valence-electron chi connectivity index (χ0n) is 8.25. The minimum Gasteiger partial charge on any atom is -0.397 e. The molecule has 1 aromatic rings. The predicted molar refractivity (Wildman–Crippen MR) is 59.1 cm³/mol. The SMILES string of the molecule is C=CCN(C)c1c(C)cccc1N. The van der Waals surface area contributed by atoms with Crippen LogP contribution in [0, 0.1) is 6.92 Å². The molecule has 1 aromatic carbocycles. The van der Waals surface area contributed by atoms with E-state index >= 15 is 0 Å². The fourth-order valence-corrected chi connectivity index (χ4v) is 1.49. The van der Waals surface area contributed by atoms with Gasteiger partial charge in [0.1, 0.15) is 0 Å². The van der Waals surface area contributed by atoms with Crippen molar-refractivity contribution in [2.45, 2.75) is 6.92 Å². The summed E-state index contributed by atoms with van der Waals surface area (Å²) in [5.41, 5.74) is 9.00. The molecule has 1 rings (SSSR count). The Morgan fingerprint density at radius 3 is 2.77 bits per heavy atom. The third-order valence-electron chi connectivity index (χ3n) is 2.05. The Balaban J connectivity index is 3.04. The molecule has 0 spiro atoms. The molecule has 0 amide bonds. The number of aryl methyl sites for hydroxylation is 1. The Labute approximate surface area is 79.7 Å².